The molecule has 7 rings (SSSR count). The predicted molar refractivity (Wildman–Crippen MR) is 143 cm³/mol. The van der Waals surface area contributed by atoms with Crippen molar-refractivity contribution in [2.75, 3.05) is 38.0 Å². The molecule has 3 aliphatic heterocycles. The van der Waals surface area contributed by atoms with Crippen molar-refractivity contribution < 1.29 is 4.79 Å². The summed E-state index contributed by atoms with van der Waals surface area (Å²) in [6.07, 6.45) is 11.8. The lowest BCUT2D eigenvalue weighted by atomic mass is 10.0. The lowest BCUT2D eigenvalue weighted by molar-refractivity contribution is 0.109. The first-order valence-corrected chi connectivity index (χ1v) is 12.8. The first kappa shape index (κ1) is 21.9. The van der Waals surface area contributed by atoms with Gasteiger partial charge in [0.2, 0.25) is 0 Å². The van der Waals surface area contributed by atoms with Crippen LogP contribution in [0.5, 0.6) is 0 Å². The molecule has 1 unspecified atom stereocenters. The van der Waals surface area contributed by atoms with E-state index in [4.69, 9.17) is 0 Å². The van der Waals surface area contributed by atoms with Crippen molar-refractivity contribution >= 4 is 45.2 Å². The van der Waals surface area contributed by atoms with E-state index in [1.165, 1.54) is 5.57 Å². The lowest BCUT2D eigenvalue weighted by Crippen LogP contribution is -2.55. The summed E-state index contributed by atoms with van der Waals surface area (Å²) in [5.74, 6) is 0.753. The molecular formula is C27H29N9O. The van der Waals surface area contributed by atoms with Crippen LogP contribution in [0, 0.1) is 0 Å². The quantitative estimate of drug-likeness (QED) is 0.450. The van der Waals surface area contributed by atoms with Crippen LogP contribution in [0.3, 0.4) is 0 Å². The first-order chi connectivity index (χ1) is 18.1. The van der Waals surface area contributed by atoms with Gasteiger partial charge in [0.1, 0.15) is 17.8 Å². The Kier molecular flexibility index (Phi) is 5.12. The monoisotopic (exact) mass is 495 g/mol. The summed E-state index contributed by atoms with van der Waals surface area (Å²) in [5.41, 5.74) is 5.97. The number of anilines is 2. The number of nitrogens with one attached hydrogen (secondary N) is 2. The van der Waals surface area contributed by atoms with E-state index in [9.17, 15) is 4.79 Å². The van der Waals surface area contributed by atoms with Gasteiger partial charge >= 0.3 is 6.03 Å². The summed E-state index contributed by atoms with van der Waals surface area (Å²) in [7, 11) is 1.99. The van der Waals surface area contributed by atoms with E-state index in [1.807, 2.05) is 39.9 Å². The molecule has 1 aromatic carbocycles. The number of hydrogen-bond donors (Lipinski definition) is 2. The summed E-state index contributed by atoms with van der Waals surface area (Å²) in [4.78, 5) is 36.3. The van der Waals surface area contributed by atoms with Crippen LogP contribution >= 0.6 is 0 Å². The third kappa shape index (κ3) is 3.89. The summed E-state index contributed by atoms with van der Waals surface area (Å²) in [5, 5.41) is 4.38. The molecule has 0 aliphatic carbocycles. The van der Waals surface area contributed by atoms with Crippen LogP contribution in [0.1, 0.15) is 18.5 Å². The smallest absolute Gasteiger partial charge is 0.320 e. The number of piperazine rings is 1. The number of urea groups is 1. The number of nitrogens with zero attached hydrogens (tertiary/aromatic N) is 7. The van der Waals surface area contributed by atoms with Gasteiger partial charge in [0.25, 0.3) is 0 Å². The number of imidazole rings is 1. The number of fused-ring (bicyclic) bond motifs is 3. The maximum Gasteiger partial charge on any atom is 0.320 e. The van der Waals surface area contributed by atoms with Crippen molar-refractivity contribution in [2.45, 2.75) is 18.9 Å². The summed E-state index contributed by atoms with van der Waals surface area (Å²) < 4.78 is 2.00. The Morgan fingerprint density at radius 2 is 2.05 bits per heavy atom. The zero-order valence-electron chi connectivity index (χ0n) is 20.8. The zero-order chi connectivity index (χ0) is 24.9. The van der Waals surface area contributed by atoms with Gasteiger partial charge < -0.3 is 29.6 Å². The van der Waals surface area contributed by atoms with Crippen molar-refractivity contribution in [1.29, 1.82) is 0 Å². The Labute approximate surface area is 214 Å². The first-order valence-electron chi connectivity index (χ1n) is 12.8. The molecule has 37 heavy (non-hydrogen) atoms. The fourth-order valence-corrected chi connectivity index (χ4v) is 5.64. The molecule has 0 saturated carbocycles. The van der Waals surface area contributed by atoms with Crippen LogP contribution in [-0.4, -0.2) is 84.0 Å². The molecule has 2 amide bonds. The van der Waals surface area contributed by atoms with Gasteiger partial charge in [-0.05, 0) is 48.9 Å². The Hall–Kier alpha value is -4.34. The number of rotatable bonds is 3. The molecule has 3 aliphatic rings. The van der Waals surface area contributed by atoms with Crippen LogP contribution in [0.2, 0.25) is 0 Å². The van der Waals surface area contributed by atoms with Crippen LogP contribution < -0.4 is 5.32 Å². The molecule has 0 bridgehead atoms. The Bertz CT molecular complexity index is 1560. The van der Waals surface area contributed by atoms with Gasteiger partial charge in [-0.25, -0.2) is 19.7 Å². The summed E-state index contributed by atoms with van der Waals surface area (Å²) in [6, 6.07) is 8.78. The van der Waals surface area contributed by atoms with E-state index >= 15 is 0 Å². The van der Waals surface area contributed by atoms with Gasteiger partial charge in [0, 0.05) is 57.2 Å². The standard InChI is InChI=1S/C27H29N9O/c1-33-17-30-22-5-4-19(13-24(22)33)31-25-21-14-23(32-26(21)29-16-28-25)18-6-9-35(10-7-18)27(37)36-12-11-34-8-2-3-20(34)15-36/h2,4-6,8,13-14,16-17,20H,3,7,9-12,15H2,1H3,(H2,28,29,31,32). The third-order valence-electron chi connectivity index (χ3n) is 7.74. The lowest BCUT2D eigenvalue weighted by Gasteiger charge is -2.40. The molecule has 1 saturated heterocycles. The zero-order valence-corrected chi connectivity index (χ0v) is 20.8. The molecular weight excluding hydrogens is 466 g/mol. The molecule has 10 heteroatoms. The average molecular weight is 496 g/mol. The Morgan fingerprint density at radius 3 is 2.95 bits per heavy atom. The second-order valence-corrected chi connectivity index (χ2v) is 10.0. The molecule has 0 spiro atoms. The van der Waals surface area contributed by atoms with Gasteiger partial charge in [0.15, 0.2) is 0 Å². The second-order valence-electron chi connectivity index (χ2n) is 10.0. The van der Waals surface area contributed by atoms with E-state index < -0.39 is 0 Å². The number of carbonyl (C=O) groups is 1. The molecule has 1 atom stereocenters. The second kappa shape index (κ2) is 8.65. The summed E-state index contributed by atoms with van der Waals surface area (Å²) >= 11 is 0. The van der Waals surface area contributed by atoms with Crippen molar-refractivity contribution in [1.82, 2.24) is 39.2 Å². The van der Waals surface area contributed by atoms with Gasteiger partial charge in [0.05, 0.1) is 22.7 Å². The Morgan fingerprint density at radius 1 is 1.11 bits per heavy atom. The molecule has 6 heterocycles. The number of H-pyrrole nitrogens is 1. The minimum atomic E-state index is 0.154. The van der Waals surface area contributed by atoms with Crippen molar-refractivity contribution in [3.8, 4) is 0 Å². The highest BCUT2D eigenvalue weighted by Gasteiger charge is 2.32. The maximum atomic E-state index is 13.2. The number of aromatic nitrogens is 5. The highest BCUT2D eigenvalue weighted by Crippen LogP contribution is 2.30. The SMILES string of the molecule is Cn1cnc2ccc(Nc3ncnc4[nH]c(C5=CCN(C(=O)N6CCN7C=CCC7C6)CC5)cc34)cc21. The molecule has 2 N–H and O–H groups in total. The van der Waals surface area contributed by atoms with E-state index in [0.717, 1.165) is 71.7 Å². The van der Waals surface area contributed by atoms with Crippen molar-refractivity contribution in [3.63, 3.8) is 0 Å². The highest BCUT2D eigenvalue weighted by atomic mass is 16.2. The Balaban J connectivity index is 1.08. The summed E-state index contributed by atoms with van der Waals surface area (Å²) in [6.45, 7) is 3.85. The van der Waals surface area contributed by atoms with Crippen LogP contribution in [0.15, 0.2) is 55.3 Å². The van der Waals surface area contributed by atoms with Gasteiger partial charge in [-0.1, -0.05) is 12.2 Å². The van der Waals surface area contributed by atoms with Crippen LogP contribution in [-0.2, 0) is 7.05 Å². The van der Waals surface area contributed by atoms with Crippen molar-refractivity contribution in [3.05, 3.63) is 61.0 Å². The van der Waals surface area contributed by atoms with Gasteiger partial charge in [-0.3, -0.25) is 0 Å². The molecule has 10 nitrogen and oxygen atoms in total. The number of aryl methyl sites for hydroxylation is 1. The van der Waals surface area contributed by atoms with E-state index in [2.05, 4.69) is 60.6 Å². The normalized spacial score (nSPS) is 19.5. The van der Waals surface area contributed by atoms with E-state index in [1.54, 1.807) is 6.33 Å². The predicted octanol–water partition coefficient (Wildman–Crippen LogP) is 3.70. The fraction of sp³-hybridized carbons (Fsp3) is 0.333. The number of benzene rings is 1. The molecule has 0 radical (unpaired) electrons. The fourth-order valence-electron chi connectivity index (χ4n) is 5.64. The van der Waals surface area contributed by atoms with E-state index in [0.29, 0.717) is 19.1 Å². The molecule has 1 fully saturated rings. The van der Waals surface area contributed by atoms with Gasteiger partial charge in [-0.15, -0.1) is 0 Å². The number of amides is 2. The largest absolute Gasteiger partial charge is 0.371 e. The maximum absolute atomic E-state index is 13.2. The average Bonchev–Trinajstić information content (AvgIpc) is 3.67. The van der Waals surface area contributed by atoms with E-state index in [-0.39, 0.29) is 6.03 Å². The number of carbonyl (C=O) groups excluding carboxylic acids is 1. The third-order valence-corrected chi connectivity index (χ3v) is 7.74. The minimum Gasteiger partial charge on any atom is -0.371 e. The topological polar surface area (TPSA) is 98.2 Å². The molecule has 3 aromatic heterocycles. The van der Waals surface area contributed by atoms with Crippen LogP contribution in [0.25, 0.3) is 27.6 Å². The number of aromatic amines is 1. The molecule has 188 valence electrons. The van der Waals surface area contributed by atoms with Crippen LogP contribution in [0.4, 0.5) is 16.3 Å². The van der Waals surface area contributed by atoms with Gasteiger partial charge in [-0.2, -0.15) is 0 Å². The minimum absolute atomic E-state index is 0.154. The molecule has 4 aromatic rings. The van der Waals surface area contributed by atoms with Crippen molar-refractivity contribution in [2.24, 2.45) is 7.05 Å². The number of hydrogen-bond acceptors (Lipinski definition) is 6. The highest BCUT2D eigenvalue weighted by molar-refractivity contribution is 5.93.